The summed E-state index contributed by atoms with van der Waals surface area (Å²) in [6.07, 6.45) is -6.32. The summed E-state index contributed by atoms with van der Waals surface area (Å²) in [5, 5.41) is 11.7. The van der Waals surface area contributed by atoms with Crippen LogP contribution >= 0.6 is 11.3 Å². The van der Waals surface area contributed by atoms with Crippen molar-refractivity contribution < 1.29 is 32.6 Å². The highest BCUT2D eigenvalue weighted by molar-refractivity contribution is 7.13. The van der Waals surface area contributed by atoms with Crippen molar-refractivity contribution in [2.75, 3.05) is 31.2 Å². The van der Waals surface area contributed by atoms with Crippen LogP contribution in [0.5, 0.6) is 0 Å². The second-order valence-corrected chi connectivity index (χ2v) is 6.78. The molecule has 1 aromatic rings. The molecule has 0 aliphatic carbocycles. The Morgan fingerprint density at radius 1 is 1.31 bits per heavy atom. The number of aliphatic hydroxyl groups is 1. The Balaban J connectivity index is 1.78. The van der Waals surface area contributed by atoms with E-state index in [1.165, 1.54) is 11.3 Å². The molecule has 1 atom stereocenters. The van der Waals surface area contributed by atoms with Gasteiger partial charge in [0, 0.05) is 18.5 Å². The number of amides is 2. The Morgan fingerprint density at radius 3 is 2.54 bits per heavy atom. The fourth-order valence-corrected chi connectivity index (χ4v) is 2.96. The summed E-state index contributed by atoms with van der Waals surface area (Å²) in [5.41, 5.74) is 1.16. The van der Waals surface area contributed by atoms with E-state index in [-0.39, 0.29) is 6.42 Å². The maximum atomic E-state index is 12.5. The highest BCUT2D eigenvalue weighted by atomic mass is 32.1. The van der Waals surface area contributed by atoms with Crippen molar-refractivity contribution in [2.45, 2.75) is 31.5 Å². The molecule has 0 saturated carbocycles. The van der Waals surface area contributed by atoms with E-state index in [0.29, 0.717) is 38.9 Å². The molecule has 1 aliphatic heterocycles. The summed E-state index contributed by atoms with van der Waals surface area (Å²) in [7, 11) is 0. The number of aromatic nitrogens is 1. The molecule has 146 valence electrons. The van der Waals surface area contributed by atoms with Crippen LogP contribution in [0.4, 0.5) is 18.3 Å². The van der Waals surface area contributed by atoms with E-state index in [2.05, 4.69) is 4.98 Å². The normalized spacial score (nSPS) is 17.5. The lowest BCUT2D eigenvalue weighted by Crippen LogP contribution is -2.49. The van der Waals surface area contributed by atoms with Gasteiger partial charge in [0.2, 0.25) is 11.8 Å². The molecule has 1 fully saturated rings. The number of ether oxygens (including phenoxy) is 1. The highest BCUT2D eigenvalue weighted by Crippen LogP contribution is 2.32. The fourth-order valence-electron chi connectivity index (χ4n) is 2.08. The van der Waals surface area contributed by atoms with Crippen LogP contribution in [0.25, 0.3) is 0 Å². The molecule has 0 aromatic carbocycles. The number of rotatable bonds is 5. The Kier molecular flexibility index (Phi) is 6.42. The zero-order valence-corrected chi connectivity index (χ0v) is 14.7. The molecular weight excluding hydrogens is 377 g/mol. The number of hydrogen-bond acceptors (Lipinski definition) is 7. The van der Waals surface area contributed by atoms with Gasteiger partial charge in [-0.2, -0.15) is 13.2 Å². The molecule has 12 heteroatoms. The number of morpholine rings is 1. The standard InChI is InChI=1S/C14H19F3N4O4S/c1-13(24,14(15,16)17)7-11(23)20-19-10(22)6-9-8-26-12(18-9)21-2-4-25-5-3-21/h8,24H,2-7H2,1H3,(H,19,22)(H,20,23)/t13-/m1/s1. The predicted octanol–water partition coefficient (Wildman–Crippen LogP) is 0.373. The van der Waals surface area contributed by atoms with Gasteiger partial charge in [-0.15, -0.1) is 11.3 Å². The quantitative estimate of drug-likeness (QED) is 0.622. The lowest BCUT2D eigenvalue weighted by Gasteiger charge is -2.26. The summed E-state index contributed by atoms with van der Waals surface area (Å²) in [5.74, 6) is -1.79. The fraction of sp³-hybridized carbons (Fsp3) is 0.643. The van der Waals surface area contributed by atoms with Gasteiger partial charge in [0.25, 0.3) is 0 Å². The predicted molar refractivity (Wildman–Crippen MR) is 86.4 cm³/mol. The van der Waals surface area contributed by atoms with E-state index in [9.17, 15) is 27.9 Å². The van der Waals surface area contributed by atoms with Gasteiger partial charge in [-0.05, 0) is 6.92 Å². The number of alkyl halides is 3. The molecule has 0 bridgehead atoms. The Bertz CT molecular complexity index is 644. The van der Waals surface area contributed by atoms with E-state index in [0.717, 1.165) is 5.13 Å². The molecule has 1 aromatic heterocycles. The molecule has 26 heavy (non-hydrogen) atoms. The van der Waals surface area contributed by atoms with Gasteiger partial charge in [-0.1, -0.05) is 0 Å². The zero-order chi connectivity index (χ0) is 19.4. The number of carbonyl (C=O) groups is 2. The molecule has 2 rings (SSSR count). The van der Waals surface area contributed by atoms with Crippen LogP contribution < -0.4 is 15.8 Å². The van der Waals surface area contributed by atoms with Gasteiger partial charge in [-0.3, -0.25) is 20.4 Å². The molecule has 2 heterocycles. The maximum absolute atomic E-state index is 12.5. The summed E-state index contributed by atoms with van der Waals surface area (Å²) in [6.45, 7) is 3.09. The molecule has 8 nitrogen and oxygen atoms in total. The van der Waals surface area contributed by atoms with Crippen LogP contribution in [0.2, 0.25) is 0 Å². The van der Waals surface area contributed by atoms with Crippen LogP contribution in [-0.2, 0) is 20.7 Å². The number of halogens is 3. The summed E-state index contributed by atoms with van der Waals surface area (Å²) in [6, 6.07) is 0. The average molecular weight is 396 g/mol. The SMILES string of the molecule is C[C@@](O)(CC(=O)NNC(=O)Cc1csc(N2CCOCC2)n1)C(F)(F)F. The third-order valence-corrected chi connectivity index (χ3v) is 4.57. The van der Waals surface area contributed by atoms with E-state index in [4.69, 9.17) is 4.74 Å². The molecule has 1 saturated heterocycles. The van der Waals surface area contributed by atoms with Crippen molar-refractivity contribution in [1.29, 1.82) is 0 Å². The van der Waals surface area contributed by atoms with Gasteiger partial charge >= 0.3 is 6.18 Å². The van der Waals surface area contributed by atoms with E-state index in [1.54, 1.807) is 5.38 Å². The number of hydrogen-bond donors (Lipinski definition) is 3. The van der Waals surface area contributed by atoms with Crippen molar-refractivity contribution >= 4 is 28.3 Å². The topological polar surface area (TPSA) is 104 Å². The van der Waals surface area contributed by atoms with Gasteiger partial charge in [0.05, 0.1) is 31.7 Å². The average Bonchev–Trinajstić information content (AvgIpc) is 3.01. The number of anilines is 1. The minimum atomic E-state index is -4.95. The second-order valence-electron chi connectivity index (χ2n) is 5.94. The molecule has 2 amide bonds. The Labute approximate surface area is 151 Å². The van der Waals surface area contributed by atoms with Crippen LogP contribution in [0.15, 0.2) is 5.38 Å². The minimum absolute atomic E-state index is 0.142. The largest absolute Gasteiger partial charge is 0.417 e. The first-order chi connectivity index (χ1) is 12.1. The number of hydrazine groups is 1. The second kappa shape index (κ2) is 8.18. The smallest absolute Gasteiger partial charge is 0.380 e. The number of carbonyl (C=O) groups excluding carboxylic acids is 2. The molecule has 0 unspecified atom stereocenters. The molecule has 3 N–H and O–H groups in total. The van der Waals surface area contributed by atoms with Gasteiger partial charge in [0.15, 0.2) is 10.7 Å². The van der Waals surface area contributed by atoms with Crippen molar-refractivity contribution in [1.82, 2.24) is 15.8 Å². The summed E-state index contributed by atoms with van der Waals surface area (Å²) >= 11 is 1.37. The van der Waals surface area contributed by atoms with Crippen LogP contribution in [0.3, 0.4) is 0 Å². The number of nitrogens with one attached hydrogen (secondary N) is 2. The molecule has 0 radical (unpaired) electrons. The summed E-state index contributed by atoms with van der Waals surface area (Å²) in [4.78, 5) is 29.6. The van der Waals surface area contributed by atoms with Gasteiger partial charge in [-0.25, -0.2) is 4.98 Å². The van der Waals surface area contributed by atoms with E-state index >= 15 is 0 Å². The lowest BCUT2D eigenvalue weighted by molar-refractivity contribution is -0.253. The summed E-state index contributed by atoms with van der Waals surface area (Å²) < 4.78 is 42.7. The van der Waals surface area contributed by atoms with E-state index < -0.39 is 30.0 Å². The highest BCUT2D eigenvalue weighted by Gasteiger charge is 2.51. The first kappa shape index (κ1) is 20.4. The third kappa shape index (κ3) is 5.54. The van der Waals surface area contributed by atoms with Crippen molar-refractivity contribution in [3.05, 3.63) is 11.1 Å². The third-order valence-electron chi connectivity index (χ3n) is 3.62. The maximum Gasteiger partial charge on any atom is 0.417 e. The van der Waals surface area contributed by atoms with Gasteiger partial charge < -0.3 is 14.7 Å². The van der Waals surface area contributed by atoms with Crippen molar-refractivity contribution in [2.24, 2.45) is 0 Å². The first-order valence-corrected chi connectivity index (χ1v) is 8.60. The van der Waals surface area contributed by atoms with Crippen molar-refractivity contribution in [3.63, 3.8) is 0 Å². The van der Waals surface area contributed by atoms with E-state index in [1.807, 2.05) is 15.8 Å². The monoisotopic (exact) mass is 396 g/mol. The Morgan fingerprint density at radius 2 is 1.92 bits per heavy atom. The first-order valence-electron chi connectivity index (χ1n) is 7.72. The van der Waals surface area contributed by atoms with Crippen LogP contribution in [0.1, 0.15) is 19.0 Å². The molecular formula is C14H19F3N4O4S. The van der Waals surface area contributed by atoms with Crippen LogP contribution in [0, 0.1) is 0 Å². The van der Waals surface area contributed by atoms with Crippen LogP contribution in [-0.4, -0.2) is 60.0 Å². The minimum Gasteiger partial charge on any atom is -0.380 e. The van der Waals surface area contributed by atoms with Crippen molar-refractivity contribution in [3.8, 4) is 0 Å². The Hall–Kier alpha value is -1.92. The number of thiazole rings is 1. The number of nitrogens with zero attached hydrogens (tertiary/aromatic N) is 2. The lowest BCUT2D eigenvalue weighted by atomic mass is 10.0. The zero-order valence-electron chi connectivity index (χ0n) is 13.9. The van der Waals surface area contributed by atoms with Gasteiger partial charge in [0.1, 0.15) is 0 Å². The molecule has 1 aliphatic rings. The molecule has 0 spiro atoms.